The molecular weight excluding hydrogens is 356 g/mol. The fraction of sp³-hybridized carbons (Fsp3) is 0.947. The molecule has 8 heteroatoms. The third-order valence-electron chi connectivity index (χ3n) is 6.01. The molecule has 2 aliphatic rings. The number of hydrogen-bond acceptors (Lipinski definition) is 8. The number of hydrogen-bond donors (Lipinski definition) is 5. The summed E-state index contributed by atoms with van der Waals surface area (Å²) in [6, 6.07) is 0. The van der Waals surface area contributed by atoms with Crippen molar-refractivity contribution < 1.29 is 39.8 Å². The summed E-state index contributed by atoms with van der Waals surface area (Å²) in [7, 11) is 0. The minimum Gasteiger partial charge on any atom is -0.394 e. The molecule has 0 unspecified atom stereocenters. The molecule has 0 aromatic heterocycles. The summed E-state index contributed by atoms with van der Waals surface area (Å²) in [6.07, 6.45) is -5.12. The number of carbonyl (C=O) groups excluding carboxylic acids is 1. The molecule has 0 spiro atoms. The number of rotatable bonds is 7. The Labute approximate surface area is 160 Å². The highest BCUT2D eigenvalue weighted by atomic mass is 16.7. The standard InChI is InChI=1S/C19H34O8/c1-10-6-12(22)7-19(2,3)13(10)5-4-11(21)9-26-18-17(25)16(24)15(23)14(8-20)27-18/h10-11,13-18,20-21,23-25H,4-9H2,1-3H3/t10-,11+,13+,14-,15-,16+,17-,18+/m1/s1. The predicted octanol–water partition coefficient (Wildman–Crippen LogP) is -0.415. The second-order valence-corrected chi connectivity index (χ2v) is 8.75. The number of ether oxygens (including phenoxy) is 2. The van der Waals surface area contributed by atoms with Gasteiger partial charge >= 0.3 is 0 Å². The molecular formula is C19H34O8. The van der Waals surface area contributed by atoms with Crippen molar-refractivity contribution in [2.45, 2.75) is 83.3 Å². The quantitative estimate of drug-likeness (QED) is 0.396. The van der Waals surface area contributed by atoms with Gasteiger partial charge in [-0.3, -0.25) is 4.79 Å². The summed E-state index contributed by atoms with van der Waals surface area (Å²) < 4.78 is 10.6. The van der Waals surface area contributed by atoms with Crippen molar-refractivity contribution >= 4 is 5.78 Å². The van der Waals surface area contributed by atoms with Crippen molar-refractivity contribution in [1.82, 2.24) is 0 Å². The van der Waals surface area contributed by atoms with E-state index in [0.29, 0.717) is 25.2 Å². The summed E-state index contributed by atoms with van der Waals surface area (Å²) in [5.41, 5.74) is -0.105. The second kappa shape index (κ2) is 9.26. The maximum absolute atomic E-state index is 11.8. The van der Waals surface area contributed by atoms with Crippen LogP contribution in [0.25, 0.3) is 0 Å². The van der Waals surface area contributed by atoms with E-state index in [-0.39, 0.29) is 23.7 Å². The van der Waals surface area contributed by atoms with Crippen LogP contribution in [0.1, 0.15) is 46.5 Å². The van der Waals surface area contributed by atoms with Gasteiger partial charge in [-0.1, -0.05) is 20.8 Å². The molecule has 0 aromatic rings. The Morgan fingerprint density at radius 1 is 1.22 bits per heavy atom. The van der Waals surface area contributed by atoms with E-state index in [9.17, 15) is 30.3 Å². The van der Waals surface area contributed by atoms with Crippen LogP contribution < -0.4 is 0 Å². The van der Waals surface area contributed by atoms with Crippen LogP contribution in [0.4, 0.5) is 0 Å². The number of Topliss-reactive ketones (excluding diaryl/α,β-unsaturated/α-hetero) is 1. The molecule has 8 nitrogen and oxygen atoms in total. The maximum atomic E-state index is 11.8. The summed E-state index contributed by atoms with van der Waals surface area (Å²) in [6.45, 7) is 5.61. The van der Waals surface area contributed by atoms with Gasteiger partial charge in [-0.2, -0.15) is 0 Å². The van der Waals surface area contributed by atoms with Crippen molar-refractivity contribution in [3.63, 3.8) is 0 Å². The third kappa shape index (κ3) is 5.47. The van der Waals surface area contributed by atoms with E-state index < -0.39 is 43.4 Å². The predicted molar refractivity (Wildman–Crippen MR) is 95.6 cm³/mol. The number of aliphatic hydroxyl groups excluding tert-OH is 5. The highest BCUT2D eigenvalue weighted by molar-refractivity contribution is 5.80. The van der Waals surface area contributed by atoms with E-state index in [2.05, 4.69) is 20.8 Å². The van der Waals surface area contributed by atoms with Gasteiger partial charge in [-0.25, -0.2) is 0 Å². The van der Waals surface area contributed by atoms with Gasteiger partial charge in [0.2, 0.25) is 0 Å². The highest BCUT2D eigenvalue weighted by Gasteiger charge is 2.44. The SMILES string of the molecule is C[C@@H]1CC(=O)CC(C)(C)[C@H]1CC[C@H](O)CO[C@H]1O[C@H](CO)[C@@H](O)[C@H](O)[C@H]1O. The summed E-state index contributed by atoms with van der Waals surface area (Å²) in [5, 5.41) is 48.9. The van der Waals surface area contributed by atoms with Crippen LogP contribution in [0, 0.1) is 17.3 Å². The number of aliphatic hydroxyl groups is 5. The monoisotopic (exact) mass is 390 g/mol. The van der Waals surface area contributed by atoms with Crippen LogP contribution in [0.15, 0.2) is 0 Å². The van der Waals surface area contributed by atoms with E-state index in [1.165, 1.54) is 0 Å². The molecule has 0 radical (unpaired) electrons. The van der Waals surface area contributed by atoms with Crippen molar-refractivity contribution in [3.05, 3.63) is 0 Å². The summed E-state index contributed by atoms with van der Waals surface area (Å²) >= 11 is 0. The molecule has 1 heterocycles. The topological polar surface area (TPSA) is 137 Å². The fourth-order valence-electron chi connectivity index (χ4n) is 4.52. The molecule has 1 saturated heterocycles. The lowest BCUT2D eigenvalue weighted by molar-refractivity contribution is -0.304. The molecule has 0 aromatic carbocycles. The Morgan fingerprint density at radius 3 is 2.48 bits per heavy atom. The number of ketones is 1. The smallest absolute Gasteiger partial charge is 0.186 e. The Hall–Kier alpha value is -0.610. The summed E-state index contributed by atoms with van der Waals surface area (Å²) in [5.74, 6) is 0.868. The zero-order valence-electron chi connectivity index (χ0n) is 16.3. The zero-order chi connectivity index (χ0) is 20.4. The highest BCUT2D eigenvalue weighted by Crippen LogP contribution is 2.44. The van der Waals surface area contributed by atoms with Gasteiger partial charge in [-0.05, 0) is 30.1 Å². The van der Waals surface area contributed by atoms with Crippen LogP contribution in [0.3, 0.4) is 0 Å². The molecule has 2 rings (SSSR count). The minimum atomic E-state index is -1.50. The van der Waals surface area contributed by atoms with E-state index in [1.807, 2.05) is 0 Å². The van der Waals surface area contributed by atoms with E-state index in [0.717, 1.165) is 6.42 Å². The Kier molecular flexibility index (Phi) is 7.78. The normalized spacial score (nSPS) is 40.7. The Balaban J connectivity index is 1.82. The van der Waals surface area contributed by atoms with Gasteiger partial charge in [0.1, 0.15) is 30.2 Å². The molecule has 158 valence electrons. The molecule has 8 atom stereocenters. The van der Waals surface area contributed by atoms with Gasteiger partial charge in [0.25, 0.3) is 0 Å². The molecule has 1 aliphatic heterocycles. The van der Waals surface area contributed by atoms with Crippen molar-refractivity contribution in [2.24, 2.45) is 17.3 Å². The molecule has 1 saturated carbocycles. The van der Waals surface area contributed by atoms with E-state index in [4.69, 9.17) is 9.47 Å². The molecule has 5 N–H and O–H groups in total. The maximum Gasteiger partial charge on any atom is 0.186 e. The van der Waals surface area contributed by atoms with Gasteiger partial charge < -0.3 is 35.0 Å². The van der Waals surface area contributed by atoms with Gasteiger partial charge in [-0.15, -0.1) is 0 Å². The third-order valence-corrected chi connectivity index (χ3v) is 6.01. The van der Waals surface area contributed by atoms with Crippen LogP contribution in [0.5, 0.6) is 0 Å². The fourth-order valence-corrected chi connectivity index (χ4v) is 4.52. The van der Waals surface area contributed by atoms with E-state index in [1.54, 1.807) is 0 Å². The van der Waals surface area contributed by atoms with Crippen molar-refractivity contribution in [2.75, 3.05) is 13.2 Å². The lowest BCUT2D eigenvalue weighted by atomic mass is 9.62. The lowest BCUT2D eigenvalue weighted by Crippen LogP contribution is -2.59. The largest absolute Gasteiger partial charge is 0.394 e. The molecule has 27 heavy (non-hydrogen) atoms. The molecule has 0 amide bonds. The molecule has 1 aliphatic carbocycles. The van der Waals surface area contributed by atoms with Gasteiger partial charge in [0, 0.05) is 12.8 Å². The Morgan fingerprint density at radius 2 is 1.89 bits per heavy atom. The average molecular weight is 390 g/mol. The van der Waals surface area contributed by atoms with Crippen LogP contribution >= 0.6 is 0 Å². The van der Waals surface area contributed by atoms with Crippen molar-refractivity contribution in [1.29, 1.82) is 0 Å². The van der Waals surface area contributed by atoms with E-state index >= 15 is 0 Å². The van der Waals surface area contributed by atoms with Crippen LogP contribution in [-0.2, 0) is 14.3 Å². The first kappa shape index (κ1) is 22.7. The Bertz CT molecular complexity index is 494. The van der Waals surface area contributed by atoms with Crippen LogP contribution in [-0.4, -0.2) is 81.3 Å². The zero-order valence-corrected chi connectivity index (χ0v) is 16.3. The first-order valence-electron chi connectivity index (χ1n) is 9.68. The lowest BCUT2D eigenvalue weighted by Gasteiger charge is -2.42. The van der Waals surface area contributed by atoms with Gasteiger partial charge in [0.05, 0.1) is 19.3 Å². The first-order valence-corrected chi connectivity index (χ1v) is 9.68. The average Bonchev–Trinajstić information content (AvgIpc) is 2.57. The minimum absolute atomic E-state index is 0.105. The summed E-state index contributed by atoms with van der Waals surface area (Å²) in [4.78, 5) is 11.8. The molecule has 0 bridgehead atoms. The second-order valence-electron chi connectivity index (χ2n) is 8.75. The van der Waals surface area contributed by atoms with Crippen molar-refractivity contribution in [3.8, 4) is 0 Å². The molecule has 2 fully saturated rings. The van der Waals surface area contributed by atoms with Gasteiger partial charge in [0.15, 0.2) is 6.29 Å². The first-order chi connectivity index (χ1) is 12.6. The number of carbonyl (C=O) groups is 1. The van der Waals surface area contributed by atoms with Crippen LogP contribution in [0.2, 0.25) is 0 Å².